The molecule has 1 aliphatic rings. The van der Waals surface area contributed by atoms with Crippen molar-refractivity contribution in [2.45, 2.75) is 37.2 Å². The molecule has 0 spiro atoms. The number of thioether (sulfide) groups is 1. The Labute approximate surface area is 133 Å². The normalized spacial score (nSPS) is 23.0. The van der Waals surface area contributed by atoms with Crippen LogP contribution in [-0.2, 0) is 9.53 Å². The minimum Gasteiger partial charge on any atom is -0.371 e. The number of carbonyl (C=O) groups excluding carboxylic acids is 1. The quantitative estimate of drug-likeness (QED) is 0.896. The third-order valence-electron chi connectivity index (χ3n) is 3.64. The molecule has 0 aromatic heterocycles. The number of carbonyl (C=O) groups is 1. The van der Waals surface area contributed by atoms with Crippen molar-refractivity contribution in [3.8, 4) is 0 Å². The highest BCUT2D eigenvalue weighted by atomic mass is 35.5. The summed E-state index contributed by atoms with van der Waals surface area (Å²) in [7, 11) is 0. The average molecular weight is 332 g/mol. The van der Waals surface area contributed by atoms with Crippen molar-refractivity contribution >= 4 is 29.3 Å². The van der Waals surface area contributed by atoms with E-state index in [0.717, 1.165) is 12.8 Å². The molecular formula is C15H19ClFNO2S. The van der Waals surface area contributed by atoms with Crippen LogP contribution in [0.1, 0.15) is 31.4 Å². The van der Waals surface area contributed by atoms with Gasteiger partial charge in [-0.3, -0.25) is 4.79 Å². The number of halogens is 2. The van der Waals surface area contributed by atoms with Crippen molar-refractivity contribution in [2.24, 2.45) is 0 Å². The fourth-order valence-corrected chi connectivity index (χ4v) is 3.22. The number of hydrogen-bond donors (Lipinski definition) is 1. The minimum absolute atomic E-state index is 0.0138. The summed E-state index contributed by atoms with van der Waals surface area (Å²) >= 11 is 7.23. The fourth-order valence-electron chi connectivity index (χ4n) is 2.49. The summed E-state index contributed by atoms with van der Waals surface area (Å²) in [5.74, 6) is -0.453. The lowest BCUT2D eigenvalue weighted by atomic mass is 10.0. The van der Waals surface area contributed by atoms with E-state index in [2.05, 4.69) is 5.32 Å². The van der Waals surface area contributed by atoms with Gasteiger partial charge in [-0.1, -0.05) is 24.6 Å². The van der Waals surface area contributed by atoms with Gasteiger partial charge in [-0.15, -0.1) is 0 Å². The summed E-state index contributed by atoms with van der Waals surface area (Å²) in [6.07, 6.45) is 3.11. The van der Waals surface area contributed by atoms with Gasteiger partial charge in [0, 0.05) is 6.61 Å². The number of benzene rings is 1. The van der Waals surface area contributed by atoms with Gasteiger partial charge in [0.05, 0.1) is 16.3 Å². The first kappa shape index (κ1) is 16.6. The fraction of sp³-hybridized carbons (Fsp3) is 0.533. The summed E-state index contributed by atoms with van der Waals surface area (Å²) < 4.78 is 19.2. The lowest BCUT2D eigenvalue weighted by Crippen LogP contribution is -2.41. The molecule has 1 saturated heterocycles. The van der Waals surface area contributed by atoms with E-state index in [1.54, 1.807) is 6.07 Å². The van der Waals surface area contributed by atoms with Gasteiger partial charge in [0.2, 0.25) is 5.91 Å². The van der Waals surface area contributed by atoms with E-state index in [4.69, 9.17) is 16.3 Å². The molecule has 1 amide bonds. The minimum atomic E-state index is -0.467. The van der Waals surface area contributed by atoms with Crippen LogP contribution in [0, 0.1) is 5.82 Å². The molecule has 21 heavy (non-hydrogen) atoms. The maximum absolute atomic E-state index is 13.6. The van der Waals surface area contributed by atoms with E-state index in [9.17, 15) is 9.18 Å². The van der Waals surface area contributed by atoms with Gasteiger partial charge in [0.1, 0.15) is 11.9 Å². The number of hydrogen-bond acceptors (Lipinski definition) is 3. The maximum atomic E-state index is 13.6. The van der Waals surface area contributed by atoms with E-state index in [-0.39, 0.29) is 28.3 Å². The Kier molecular flexibility index (Phi) is 5.90. The molecule has 1 heterocycles. The predicted molar refractivity (Wildman–Crippen MR) is 84.2 cm³/mol. The van der Waals surface area contributed by atoms with Gasteiger partial charge in [-0.2, -0.15) is 11.8 Å². The first-order valence-corrected chi connectivity index (χ1v) is 8.63. The van der Waals surface area contributed by atoms with E-state index in [0.29, 0.717) is 12.2 Å². The lowest BCUT2D eigenvalue weighted by Gasteiger charge is -2.22. The second-order valence-corrected chi connectivity index (χ2v) is 6.45. The largest absolute Gasteiger partial charge is 0.371 e. The van der Waals surface area contributed by atoms with Gasteiger partial charge in [0.25, 0.3) is 0 Å². The zero-order chi connectivity index (χ0) is 15.4. The smallest absolute Gasteiger partial charge is 0.233 e. The molecule has 116 valence electrons. The van der Waals surface area contributed by atoms with Crippen LogP contribution >= 0.6 is 23.4 Å². The summed E-state index contributed by atoms with van der Waals surface area (Å²) in [4.78, 5) is 12.2. The number of amides is 1. The van der Waals surface area contributed by atoms with Crippen molar-refractivity contribution in [3.05, 3.63) is 34.6 Å². The zero-order valence-electron chi connectivity index (χ0n) is 12.1. The molecule has 0 aliphatic carbocycles. The van der Waals surface area contributed by atoms with Crippen LogP contribution in [0.5, 0.6) is 0 Å². The van der Waals surface area contributed by atoms with E-state index in [1.807, 2.05) is 13.2 Å². The summed E-state index contributed by atoms with van der Waals surface area (Å²) in [5, 5.41) is 3.05. The second-order valence-electron chi connectivity index (χ2n) is 5.00. The number of ether oxygens (including phenoxy) is 1. The molecule has 2 rings (SSSR count). The SMILES string of the molecule is CCC(SC)C(=O)N[C@@H]1CCO[C@H]1c1ccc(Cl)c(F)c1. The highest BCUT2D eigenvalue weighted by Crippen LogP contribution is 2.31. The predicted octanol–water partition coefficient (Wildman–Crippen LogP) is 3.57. The van der Waals surface area contributed by atoms with Crippen LogP contribution < -0.4 is 5.32 Å². The van der Waals surface area contributed by atoms with Gasteiger partial charge < -0.3 is 10.1 Å². The number of rotatable bonds is 5. The molecule has 6 heteroatoms. The molecule has 0 saturated carbocycles. The Morgan fingerprint density at radius 1 is 1.62 bits per heavy atom. The van der Waals surface area contributed by atoms with Crippen LogP contribution in [0.2, 0.25) is 5.02 Å². The molecule has 1 aromatic carbocycles. The van der Waals surface area contributed by atoms with Crippen molar-refractivity contribution < 1.29 is 13.9 Å². The van der Waals surface area contributed by atoms with Crippen molar-refractivity contribution in [1.29, 1.82) is 0 Å². The zero-order valence-corrected chi connectivity index (χ0v) is 13.6. The maximum Gasteiger partial charge on any atom is 0.233 e. The molecule has 1 fully saturated rings. The third-order valence-corrected chi connectivity index (χ3v) is 5.06. The van der Waals surface area contributed by atoms with Crippen molar-refractivity contribution in [2.75, 3.05) is 12.9 Å². The highest BCUT2D eigenvalue weighted by Gasteiger charge is 2.32. The molecule has 3 atom stereocenters. The van der Waals surface area contributed by atoms with Crippen LogP contribution in [0.25, 0.3) is 0 Å². The van der Waals surface area contributed by atoms with Crippen molar-refractivity contribution in [1.82, 2.24) is 5.32 Å². The molecule has 3 nitrogen and oxygen atoms in total. The molecule has 0 radical (unpaired) electrons. The standard InChI is InChI=1S/C15H19ClFNO2S/c1-3-13(21-2)15(19)18-12-6-7-20-14(12)9-4-5-10(16)11(17)8-9/h4-5,8,12-14H,3,6-7H2,1-2H3,(H,18,19)/t12-,13?,14+/m1/s1. The topological polar surface area (TPSA) is 38.3 Å². The lowest BCUT2D eigenvalue weighted by molar-refractivity contribution is -0.121. The Morgan fingerprint density at radius 2 is 2.38 bits per heavy atom. The average Bonchev–Trinajstić information content (AvgIpc) is 2.91. The highest BCUT2D eigenvalue weighted by molar-refractivity contribution is 7.99. The van der Waals surface area contributed by atoms with Gasteiger partial charge >= 0.3 is 0 Å². The molecule has 1 unspecified atom stereocenters. The second kappa shape index (κ2) is 7.47. The Bertz CT molecular complexity index is 510. The molecule has 1 N–H and O–H groups in total. The van der Waals surface area contributed by atoms with E-state index >= 15 is 0 Å². The summed E-state index contributed by atoms with van der Waals surface area (Å²) in [5.41, 5.74) is 0.705. The molecular weight excluding hydrogens is 313 g/mol. The molecule has 1 aromatic rings. The molecule has 0 bridgehead atoms. The van der Waals surface area contributed by atoms with Gasteiger partial charge in [0.15, 0.2) is 0 Å². The van der Waals surface area contributed by atoms with Crippen LogP contribution in [0.4, 0.5) is 4.39 Å². The first-order valence-electron chi connectivity index (χ1n) is 6.96. The number of nitrogens with one attached hydrogen (secondary N) is 1. The van der Waals surface area contributed by atoms with Gasteiger partial charge in [-0.05, 0) is 36.8 Å². The van der Waals surface area contributed by atoms with Gasteiger partial charge in [-0.25, -0.2) is 4.39 Å². The summed E-state index contributed by atoms with van der Waals surface area (Å²) in [6, 6.07) is 4.51. The van der Waals surface area contributed by atoms with Crippen LogP contribution in [-0.4, -0.2) is 30.1 Å². The first-order chi connectivity index (χ1) is 10.1. The van der Waals surface area contributed by atoms with E-state index in [1.165, 1.54) is 23.9 Å². The Hall–Kier alpha value is -0.780. The van der Waals surface area contributed by atoms with Crippen molar-refractivity contribution in [3.63, 3.8) is 0 Å². The summed E-state index contributed by atoms with van der Waals surface area (Å²) in [6.45, 7) is 2.54. The monoisotopic (exact) mass is 331 g/mol. The van der Waals surface area contributed by atoms with Crippen LogP contribution in [0.3, 0.4) is 0 Å². The van der Waals surface area contributed by atoms with E-state index < -0.39 is 5.82 Å². The molecule has 1 aliphatic heterocycles. The Morgan fingerprint density at radius 3 is 3.00 bits per heavy atom. The third kappa shape index (κ3) is 3.90. The van der Waals surface area contributed by atoms with Crippen LogP contribution in [0.15, 0.2) is 18.2 Å². The Balaban J connectivity index is 2.09.